The topological polar surface area (TPSA) is 67.6 Å². The number of rotatable bonds is 6. The molecular formula is C12H23N3O2. The van der Waals surface area contributed by atoms with E-state index in [4.69, 9.17) is 10.6 Å². The molecule has 0 aromatic rings. The van der Waals surface area contributed by atoms with E-state index in [1.807, 2.05) is 0 Å². The second kappa shape index (κ2) is 7.42. The highest BCUT2D eigenvalue weighted by Crippen LogP contribution is 2.10. The molecule has 1 amide bonds. The van der Waals surface area contributed by atoms with Crippen LogP contribution in [-0.4, -0.2) is 43.1 Å². The summed E-state index contributed by atoms with van der Waals surface area (Å²) in [6.45, 7) is 7.32. The van der Waals surface area contributed by atoms with Crippen LogP contribution in [0.1, 0.15) is 26.7 Å². The first-order chi connectivity index (χ1) is 8.08. The number of nitrogens with zero attached hydrogens (tertiary/aromatic N) is 1. The standard InChI is InChI=1S/C12H23N3O2/c1-10(2)3-6-15-7-4-11(5-8-15)14-17-9-12(13)16/h3,11,14H,4-9H2,1-2H3,(H2,13,16). The van der Waals surface area contributed by atoms with Crippen molar-refractivity contribution in [1.82, 2.24) is 10.4 Å². The Morgan fingerprint density at radius 2 is 2.12 bits per heavy atom. The lowest BCUT2D eigenvalue weighted by molar-refractivity contribution is -0.126. The van der Waals surface area contributed by atoms with Gasteiger partial charge in [-0.3, -0.25) is 14.5 Å². The van der Waals surface area contributed by atoms with Crippen molar-refractivity contribution >= 4 is 5.91 Å². The molecule has 17 heavy (non-hydrogen) atoms. The van der Waals surface area contributed by atoms with E-state index in [9.17, 15) is 4.79 Å². The van der Waals surface area contributed by atoms with E-state index in [1.165, 1.54) is 5.57 Å². The number of nitrogens with two attached hydrogens (primary N) is 1. The first kappa shape index (κ1) is 14.2. The highest BCUT2D eigenvalue weighted by atomic mass is 16.6. The van der Waals surface area contributed by atoms with Gasteiger partial charge in [-0.1, -0.05) is 11.6 Å². The van der Waals surface area contributed by atoms with E-state index in [2.05, 4.69) is 30.3 Å². The maximum Gasteiger partial charge on any atom is 0.245 e. The maximum atomic E-state index is 10.5. The largest absolute Gasteiger partial charge is 0.368 e. The van der Waals surface area contributed by atoms with Gasteiger partial charge in [-0.15, -0.1) is 0 Å². The van der Waals surface area contributed by atoms with Gasteiger partial charge < -0.3 is 5.73 Å². The summed E-state index contributed by atoms with van der Waals surface area (Å²) in [5.74, 6) is -0.446. The quantitative estimate of drug-likeness (QED) is 0.522. The molecule has 1 fully saturated rings. The first-order valence-corrected chi connectivity index (χ1v) is 6.09. The van der Waals surface area contributed by atoms with Crippen molar-refractivity contribution in [1.29, 1.82) is 0 Å². The van der Waals surface area contributed by atoms with E-state index in [1.54, 1.807) is 0 Å². The van der Waals surface area contributed by atoms with Crippen molar-refractivity contribution in [3.05, 3.63) is 11.6 Å². The summed E-state index contributed by atoms with van der Waals surface area (Å²) in [5.41, 5.74) is 9.23. The summed E-state index contributed by atoms with van der Waals surface area (Å²) in [4.78, 5) is 17.9. The zero-order valence-corrected chi connectivity index (χ0v) is 10.7. The van der Waals surface area contributed by atoms with Gasteiger partial charge in [-0.05, 0) is 26.7 Å². The average molecular weight is 241 g/mol. The fourth-order valence-corrected chi connectivity index (χ4v) is 1.78. The minimum atomic E-state index is -0.446. The molecule has 1 saturated heterocycles. The summed E-state index contributed by atoms with van der Waals surface area (Å²) in [6.07, 6.45) is 4.32. The monoisotopic (exact) mass is 241 g/mol. The Bertz CT molecular complexity index is 267. The number of hydrogen-bond acceptors (Lipinski definition) is 4. The van der Waals surface area contributed by atoms with Crippen LogP contribution in [0.15, 0.2) is 11.6 Å². The second-order valence-corrected chi connectivity index (χ2v) is 4.73. The number of primary amides is 1. The molecule has 0 aromatic heterocycles. The number of likely N-dealkylation sites (tertiary alicyclic amines) is 1. The van der Waals surface area contributed by atoms with Crippen LogP contribution in [0.2, 0.25) is 0 Å². The zero-order chi connectivity index (χ0) is 12.7. The third-order valence-electron chi connectivity index (χ3n) is 2.81. The van der Waals surface area contributed by atoms with Crippen LogP contribution in [-0.2, 0) is 9.63 Å². The summed E-state index contributed by atoms with van der Waals surface area (Å²) < 4.78 is 0. The highest BCUT2D eigenvalue weighted by Gasteiger charge is 2.18. The molecule has 5 heteroatoms. The molecule has 1 rings (SSSR count). The number of carbonyl (C=O) groups is 1. The van der Waals surface area contributed by atoms with Crippen LogP contribution >= 0.6 is 0 Å². The maximum absolute atomic E-state index is 10.5. The fourth-order valence-electron chi connectivity index (χ4n) is 1.78. The highest BCUT2D eigenvalue weighted by molar-refractivity contribution is 5.74. The molecule has 0 radical (unpaired) electrons. The van der Waals surface area contributed by atoms with Crippen molar-refractivity contribution in [3.8, 4) is 0 Å². The fraction of sp³-hybridized carbons (Fsp3) is 0.750. The Hall–Kier alpha value is -0.910. The van der Waals surface area contributed by atoms with Gasteiger partial charge in [0.15, 0.2) is 0 Å². The van der Waals surface area contributed by atoms with E-state index in [0.717, 1.165) is 32.5 Å². The van der Waals surface area contributed by atoms with Gasteiger partial charge in [0.05, 0.1) is 0 Å². The molecule has 3 N–H and O–H groups in total. The summed E-state index contributed by atoms with van der Waals surface area (Å²) in [5, 5.41) is 0. The number of piperidine rings is 1. The van der Waals surface area contributed by atoms with Crippen molar-refractivity contribution in [2.75, 3.05) is 26.2 Å². The predicted molar refractivity (Wildman–Crippen MR) is 67.2 cm³/mol. The molecule has 0 aromatic carbocycles. The number of hydrogen-bond donors (Lipinski definition) is 2. The van der Waals surface area contributed by atoms with Gasteiger partial charge in [-0.2, -0.15) is 5.48 Å². The van der Waals surface area contributed by atoms with E-state index < -0.39 is 5.91 Å². The Balaban J connectivity index is 2.13. The van der Waals surface area contributed by atoms with Gasteiger partial charge in [0.25, 0.3) is 0 Å². The van der Waals surface area contributed by atoms with Crippen LogP contribution in [0.4, 0.5) is 0 Å². The van der Waals surface area contributed by atoms with E-state index in [0.29, 0.717) is 6.04 Å². The normalized spacial score (nSPS) is 18.0. The second-order valence-electron chi connectivity index (χ2n) is 4.73. The number of carbonyl (C=O) groups excluding carboxylic acids is 1. The third kappa shape index (κ3) is 6.41. The average Bonchev–Trinajstić information content (AvgIpc) is 2.27. The molecule has 1 aliphatic heterocycles. The molecule has 0 aliphatic carbocycles. The number of nitrogens with one attached hydrogen (secondary N) is 1. The molecule has 1 aliphatic rings. The van der Waals surface area contributed by atoms with Gasteiger partial charge >= 0.3 is 0 Å². The first-order valence-electron chi connectivity index (χ1n) is 6.09. The van der Waals surface area contributed by atoms with Crippen LogP contribution in [0, 0.1) is 0 Å². The Labute approximate surface area is 103 Å². The van der Waals surface area contributed by atoms with Gasteiger partial charge in [0, 0.05) is 25.7 Å². The lowest BCUT2D eigenvalue weighted by Gasteiger charge is -2.31. The predicted octanol–water partition coefficient (Wildman–Crippen LogP) is 0.424. The van der Waals surface area contributed by atoms with Crippen LogP contribution in [0.5, 0.6) is 0 Å². The Morgan fingerprint density at radius 1 is 1.47 bits per heavy atom. The van der Waals surface area contributed by atoms with E-state index >= 15 is 0 Å². The zero-order valence-electron chi connectivity index (χ0n) is 10.7. The lowest BCUT2D eigenvalue weighted by atomic mass is 10.1. The van der Waals surface area contributed by atoms with Crippen LogP contribution < -0.4 is 11.2 Å². The molecule has 0 bridgehead atoms. The van der Waals surface area contributed by atoms with Crippen molar-refractivity contribution in [3.63, 3.8) is 0 Å². The minimum absolute atomic E-state index is 0.0576. The number of allylic oxidation sites excluding steroid dienone is 1. The molecule has 98 valence electrons. The Kier molecular flexibility index (Phi) is 6.18. The molecule has 0 unspecified atom stereocenters. The van der Waals surface area contributed by atoms with Gasteiger partial charge in [0.1, 0.15) is 6.61 Å². The molecule has 5 nitrogen and oxygen atoms in total. The third-order valence-corrected chi connectivity index (χ3v) is 2.81. The van der Waals surface area contributed by atoms with Gasteiger partial charge in [0.2, 0.25) is 5.91 Å². The van der Waals surface area contributed by atoms with Crippen LogP contribution in [0.25, 0.3) is 0 Å². The molecule has 0 saturated carbocycles. The minimum Gasteiger partial charge on any atom is -0.368 e. The van der Waals surface area contributed by atoms with Crippen molar-refractivity contribution < 1.29 is 9.63 Å². The van der Waals surface area contributed by atoms with Crippen molar-refractivity contribution in [2.45, 2.75) is 32.7 Å². The smallest absolute Gasteiger partial charge is 0.245 e. The van der Waals surface area contributed by atoms with Gasteiger partial charge in [-0.25, -0.2) is 0 Å². The molecular weight excluding hydrogens is 218 g/mol. The summed E-state index contributed by atoms with van der Waals surface area (Å²) >= 11 is 0. The molecule has 0 spiro atoms. The SMILES string of the molecule is CC(C)=CCN1CCC(NOCC(N)=O)CC1. The number of hydroxylamine groups is 1. The van der Waals surface area contributed by atoms with E-state index in [-0.39, 0.29) is 6.61 Å². The summed E-state index contributed by atoms with van der Waals surface area (Å²) in [7, 11) is 0. The molecule has 1 heterocycles. The molecule has 0 atom stereocenters. The van der Waals surface area contributed by atoms with Crippen LogP contribution in [0.3, 0.4) is 0 Å². The summed E-state index contributed by atoms with van der Waals surface area (Å²) in [6, 6.07) is 0.331. The lowest BCUT2D eigenvalue weighted by Crippen LogP contribution is -2.43. The number of amides is 1. The Morgan fingerprint density at radius 3 is 2.65 bits per heavy atom. The van der Waals surface area contributed by atoms with Crippen molar-refractivity contribution in [2.24, 2.45) is 5.73 Å².